The van der Waals surface area contributed by atoms with Crippen molar-refractivity contribution in [3.05, 3.63) is 63.1 Å². The van der Waals surface area contributed by atoms with Crippen LogP contribution in [0, 0.1) is 18.3 Å². The third-order valence-corrected chi connectivity index (χ3v) is 3.54. The molecule has 0 fully saturated rings. The number of hydrogen-bond acceptors (Lipinski definition) is 3. The van der Waals surface area contributed by atoms with Crippen LogP contribution in [0.3, 0.4) is 0 Å². The second-order valence-corrected chi connectivity index (χ2v) is 5.37. The predicted octanol–water partition coefficient (Wildman–Crippen LogP) is 3.70. The molecule has 0 heterocycles. The highest BCUT2D eigenvalue weighted by molar-refractivity contribution is 9.10. The van der Waals surface area contributed by atoms with Crippen molar-refractivity contribution < 1.29 is 9.84 Å². The normalized spacial score (nSPS) is 10.1. The summed E-state index contributed by atoms with van der Waals surface area (Å²) in [5.41, 5.74) is 3.43. The third-order valence-electron chi connectivity index (χ3n) is 3.05. The maximum atomic E-state index is 9.33. The van der Waals surface area contributed by atoms with E-state index >= 15 is 0 Å². The molecule has 0 amide bonds. The summed E-state index contributed by atoms with van der Waals surface area (Å²) in [6.45, 7) is 2.29. The lowest BCUT2D eigenvalue weighted by Crippen LogP contribution is -2.01. The molecular weight excluding hydrogens is 318 g/mol. The van der Waals surface area contributed by atoms with Crippen LogP contribution >= 0.6 is 15.9 Å². The molecule has 0 spiro atoms. The summed E-state index contributed by atoms with van der Waals surface area (Å²) >= 11 is 3.36. The van der Waals surface area contributed by atoms with Gasteiger partial charge in [-0.2, -0.15) is 5.26 Å². The van der Waals surface area contributed by atoms with Gasteiger partial charge in [-0.3, -0.25) is 0 Å². The average molecular weight is 332 g/mol. The van der Waals surface area contributed by atoms with Crippen molar-refractivity contribution in [2.24, 2.45) is 0 Å². The Labute approximate surface area is 126 Å². The second kappa shape index (κ2) is 6.56. The van der Waals surface area contributed by atoms with Crippen LogP contribution in [-0.4, -0.2) is 5.11 Å². The molecule has 0 saturated heterocycles. The third kappa shape index (κ3) is 3.38. The Hall–Kier alpha value is -1.83. The van der Waals surface area contributed by atoms with E-state index in [-0.39, 0.29) is 6.61 Å². The van der Waals surface area contributed by atoms with Crippen LogP contribution in [0.25, 0.3) is 0 Å². The van der Waals surface area contributed by atoms with E-state index in [4.69, 9.17) is 10.00 Å². The summed E-state index contributed by atoms with van der Waals surface area (Å²) in [6.07, 6.45) is 0. The lowest BCUT2D eigenvalue weighted by atomic mass is 10.1. The molecule has 102 valence electrons. The van der Waals surface area contributed by atoms with Crippen LogP contribution in [0.5, 0.6) is 5.75 Å². The van der Waals surface area contributed by atoms with Gasteiger partial charge in [-0.25, -0.2) is 0 Å². The minimum absolute atomic E-state index is 0.0683. The monoisotopic (exact) mass is 331 g/mol. The first-order valence-corrected chi connectivity index (χ1v) is 6.95. The smallest absolute Gasteiger partial charge is 0.125 e. The van der Waals surface area contributed by atoms with Gasteiger partial charge in [0.15, 0.2) is 0 Å². The Morgan fingerprint density at radius 3 is 2.65 bits per heavy atom. The van der Waals surface area contributed by atoms with Crippen molar-refractivity contribution in [1.29, 1.82) is 5.26 Å². The molecule has 0 aliphatic carbocycles. The Kier molecular flexibility index (Phi) is 4.78. The molecule has 0 unspecified atom stereocenters. The number of benzene rings is 2. The zero-order valence-corrected chi connectivity index (χ0v) is 12.6. The van der Waals surface area contributed by atoms with Crippen LogP contribution in [0.15, 0.2) is 40.9 Å². The zero-order chi connectivity index (χ0) is 14.5. The number of aryl methyl sites for hydroxylation is 1. The Balaban J connectivity index is 2.15. The maximum Gasteiger partial charge on any atom is 0.125 e. The summed E-state index contributed by atoms with van der Waals surface area (Å²) in [5, 5.41) is 18.2. The molecular formula is C16H14BrNO2. The molecule has 1 N–H and O–H groups in total. The summed E-state index contributed by atoms with van der Waals surface area (Å²) in [4.78, 5) is 0. The highest BCUT2D eigenvalue weighted by Gasteiger charge is 2.06. The number of aliphatic hydroxyl groups excluding tert-OH is 1. The number of ether oxygens (including phenoxy) is 1. The van der Waals surface area contributed by atoms with E-state index in [0.717, 1.165) is 21.2 Å². The van der Waals surface area contributed by atoms with Crippen molar-refractivity contribution in [2.75, 3.05) is 0 Å². The van der Waals surface area contributed by atoms with Crippen LogP contribution in [0.1, 0.15) is 22.3 Å². The molecule has 0 saturated carbocycles. The molecule has 3 nitrogen and oxygen atoms in total. The lowest BCUT2D eigenvalue weighted by molar-refractivity contribution is 0.258. The molecule has 2 aromatic rings. The molecule has 0 bridgehead atoms. The molecule has 4 heteroatoms. The molecule has 2 rings (SSSR count). The van der Waals surface area contributed by atoms with Crippen LogP contribution in [0.2, 0.25) is 0 Å². The number of aliphatic hydroxyl groups is 1. The number of rotatable bonds is 4. The summed E-state index contributed by atoms with van der Waals surface area (Å²) in [6, 6.07) is 13.2. The number of nitrogens with zero attached hydrogens (tertiary/aromatic N) is 1. The Morgan fingerprint density at radius 2 is 2.00 bits per heavy atom. The topological polar surface area (TPSA) is 53.2 Å². The van der Waals surface area contributed by atoms with Gasteiger partial charge in [-0.05, 0) is 48.4 Å². The van der Waals surface area contributed by atoms with Crippen molar-refractivity contribution in [3.63, 3.8) is 0 Å². The van der Waals surface area contributed by atoms with E-state index in [1.807, 2.05) is 37.3 Å². The molecule has 2 aromatic carbocycles. The second-order valence-electron chi connectivity index (χ2n) is 4.45. The number of hydrogen-bond donors (Lipinski definition) is 1. The van der Waals surface area contributed by atoms with E-state index in [1.54, 1.807) is 6.07 Å². The first-order chi connectivity index (χ1) is 9.63. The lowest BCUT2D eigenvalue weighted by Gasteiger charge is -2.12. The van der Waals surface area contributed by atoms with Gasteiger partial charge in [0, 0.05) is 10.0 Å². The van der Waals surface area contributed by atoms with Crippen LogP contribution < -0.4 is 4.74 Å². The highest BCUT2D eigenvalue weighted by atomic mass is 79.9. The number of halogens is 1. The van der Waals surface area contributed by atoms with Gasteiger partial charge in [0.1, 0.15) is 12.4 Å². The van der Waals surface area contributed by atoms with Gasteiger partial charge in [0.05, 0.1) is 18.2 Å². The first-order valence-electron chi connectivity index (χ1n) is 6.15. The maximum absolute atomic E-state index is 9.33. The molecule has 0 aromatic heterocycles. The largest absolute Gasteiger partial charge is 0.489 e. The molecule has 0 radical (unpaired) electrons. The van der Waals surface area contributed by atoms with Crippen molar-refractivity contribution in [3.8, 4) is 11.8 Å². The molecule has 0 aliphatic rings. The number of nitriles is 1. The summed E-state index contributed by atoms with van der Waals surface area (Å²) in [7, 11) is 0. The van der Waals surface area contributed by atoms with Crippen LogP contribution in [0.4, 0.5) is 0 Å². The highest BCUT2D eigenvalue weighted by Crippen LogP contribution is 2.24. The van der Waals surface area contributed by atoms with Gasteiger partial charge >= 0.3 is 0 Å². The fourth-order valence-corrected chi connectivity index (χ4v) is 2.30. The fraction of sp³-hybridized carbons (Fsp3) is 0.188. The van der Waals surface area contributed by atoms with Crippen LogP contribution in [-0.2, 0) is 13.2 Å². The van der Waals surface area contributed by atoms with Crippen molar-refractivity contribution >= 4 is 15.9 Å². The van der Waals surface area contributed by atoms with E-state index in [1.165, 1.54) is 0 Å². The van der Waals surface area contributed by atoms with E-state index in [2.05, 4.69) is 22.0 Å². The quantitative estimate of drug-likeness (QED) is 0.929. The summed E-state index contributed by atoms with van der Waals surface area (Å²) < 4.78 is 6.67. The zero-order valence-electron chi connectivity index (χ0n) is 11.1. The average Bonchev–Trinajstić information content (AvgIpc) is 2.46. The van der Waals surface area contributed by atoms with Crippen molar-refractivity contribution in [2.45, 2.75) is 20.1 Å². The SMILES string of the molecule is Cc1cc(C#N)ccc1COc1ccc(Br)cc1CO. The van der Waals surface area contributed by atoms with Gasteiger partial charge in [-0.15, -0.1) is 0 Å². The summed E-state index contributed by atoms with van der Waals surface area (Å²) in [5.74, 6) is 0.666. The molecule has 0 aliphatic heterocycles. The van der Waals surface area contributed by atoms with Crippen molar-refractivity contribution in [1.82, 2.24) is 0 Å². The Bertz CT molecular complexity index is 662. The Morgan fingerprint density at radius 1 is 1.20 bits per heavy atom. The van der Waals surface area contributed by atoms with E-state index < -0.39 is 0 Å². The predicted molar refractivity (Wildman–Crippen MR) is 80.3 cm³/mol. The first kappa shape index (κ1) is 14.6. The molecule has 0 atom stereocenters. The fourth-order valence-electron chi connectivity index (χ4n) is 1.90. The van der Waals surface area contributed by atoms with Gasteiger partial charge in [0.25, 0.3) is 0 Å². The van der Waals surface area contributed by atoms with Gasteiger partial charge in [0.2, 0.25) is 0 Å². The van der Waals surface area contributed by atoms with Gasteiger partial charge in [-0.1, -0.05) is 22.0 Å². The van der Waals surface area contributed by atoms with E-state index in [0.29, 0.717) is 17.9 Å². The minimum atomic E-state index is -0.0683. The van der Waals surface area contributed by atoms with E-state index in [9.17, 15) is 5.11 Å². The molecule has 20 heavy (non-hydrogen) atoms. The minimum Gasteiger partial charge on any atom is -0.489 e. The van der Waals surface area contributed by atoms with Gasteiger partial charge < -0.3 is 9.84 Å². The standard InChI is InChI=1S/C16H14BrNO2/c1-11-6-12(8-18)2-3-13(11)10-20-16-5-4-15(17)7-14(16)9-19/h2-7,19H,9-10H2,1H3.